The van der Waals surface area contributed by atoms with Crippen LogP contribution in [0, 0.1) is 0 Å². The molecule has 0 bridgehead atoms. The van der Waals surface area contributed by atoms with Crippen LogP contribution in [-0.2, 0) is 0 Å². The molecule has 0 saturated heterocycles. The maximum atomic E-state index is 4.33. The van der Waals surface area contributed by atoms with Crippen molar-refractivity contribution in [3.8, 4) is 0 Å². The molecule has 0 spiro atoms. The molecule has 0 amide bonds. The molecule has 0 fully saturated rings. The minimum Gasteiger partial charge on any atom is -0.292 e. The number of nitrogens with zero attached hydrogens (tertiary/aromatic N) is 1. The summed E-state index contributed by atoms with van der Waals surface area (Å²) in [6, 6.07) is 0. The summed E-state index contributed by atoms with van der Waals surface area (Å²) in [4.78, 5) is 2.34. The van der Waals surface area contributed by atoms with Crippen LogP contribution in [0.25, 0.3) is 0 Å². The standard InChI is InChI=1S/C7H17NS/c1-4-6-8(5-2)7(3)9/h7,9H,4-6H2,1-3H3. The van der Waals surface area contributed by atoms with E-state index in [1.165, 1.54) is 13.0 Å². The van der Waals surface area contributed by atoms with Gasteiger partial charge in [-0.1, -0.05) is 13.8 Å². The molecule has 9 heavy (non-hydrogen) atoms. The molecule has 2 heteroatoms. The molecule has 0 aromatic rings. The lowest BCUT2D eigenvalue weighted by Crippen LogP contribution is -2.29. The second kappa shape index (κ2) is 5.12. The highest BCUT2D eigenvalue weighted by Gasteiger charge is 2.03. The van der Waals surface area contributed by atoms with Gasteiger partial charge in [0.05, 0.1) is 0 Å². The van der Waals surface area contributed by atoms with Gasteiger partial charge in [-0.05, 0) is 26.4 Å². The minimum atomic E-state index is 0.412. The molecule has 0 rings (SSSR count). The Morgan fingerprint density at radius 2 is 2.00 bits per heavy atom. The molecular weight excluding hydrogens is 130 g/mol. The third-order valence-corrected chi connectivity index (χ3v) is 1.77. The van der Waals surface area contributed by atoms with Crippen LogP contribution in [0.15, 0.2) is 0 Å². The van der Waals surface area contributed by atoms with E-state index in [0.717, 1.165) is 6.54 Å². The van der Waals surface area contributed by atoms with E-state index in [1.807, 2.05) is 0 Å². The maximum Gasteiger partial charge on any atom is 0.0499 e. The van der Waals surface area contributed by atoms with Gasteiger partial charge in [0, 0.05) is 5.37 Å². The Morgan fingerprint density at radius 1 is 1.44 bits per heavy atom. The fourth-order valence-electron chi connectivity index (χ4n) is 0.896. The fraction of sp³-hybridized carbons (Fsp3) is 1.00. The van der Waals surface area contributed by atoms with Crippen molar-refractivity contribution in [1.82, 2.24) is 4.90 Å². The van der Waals surface area contributed by atoms with Crippen LogP contribution in [0.2, 0.25) is 0 Å². The molecule has 1 unspecified atom stereocenters. The summed E-state index contributed by atoms with van der Waals surface area (Å²) in [6.45, 7) is 8.75. The summed E-state index contributed by atoms with van der Waals surface area (Å²) in [6.07, 6.45) is 1.22. The van der Waals surface area contributed by atoms with Crippen LogP contribution in [0.4, 0.5) is 0 Å². The number of hydrogen-bond donors (Lipinski definition) is 1. The van der Waals surface area contributed by atoms with Crippen molar-refractivity contribution in [3.05, 3.63) is 0 Å². The first-order valence-electron chi connectivity index (χ1n) is 3.64. The van der Waals surface area contributed by atoms with Crippen molar-refractivity contribution >= 4 is 12.6 Å². The SMILES string of the molecule is CCCN(CC)C(C)S. The zero-order chi connectivity index (χ0) is 7.28. The molecule has 0 aromatic carbocycles. The summed E-state index contributed by atoms with van der Waals surface area (Å²) in [5.74, 6) is 0. The van der Waals surface area contributed by atoms with Crippen LogP contribution in [0.5, 0.6) is 0 Å². The number of hydrogen-bond acceptors (Lipinski definition) is 2. The smallest absolute Gasteiger partial charge is 0.0499 e. The second-order valence-electron chi connectivity index (χ2n) is 2.26. The van der Waals surface area contributed by atoms with Crippen molar-refractivity contribution in [2.24, 2.45) is 0 Å². The topological polar surface area (TPSA) is 3.24 Å². The van der Waals surface area contributed by atoms with Crippen LogP contribution >= 0.6 is 12.6 Å². The van der Waals surface area contributed by atoms with Gasteiger partial charge in [-0.3, -0.25) is 4.90 Å². The molecule has 0 N–H and O–H groups in total. The molecule has 1 nitrogen and oxygen atoms in total. The van der Waals surface area contributed by atoms with Gasteiger partial charge in [0.1, 0.15) is 0 Å². The highest BCUT2D eigenvalue weighted by Crippen LogP contribution is 2.02. The van der Waals surface area contributed by atoms with Gasteiger partial charge in [0.15, 0.2) is 0 Å². The van der Waals surface area contributed by atoms with Gasteiger partial charge in [-0.2, -0.15) is 12.6 Å². The van der Waals surface area contributed by atoms with Crippen molar-refractivity contribution in [2.75, 3.05) is 13.1 Å². The molecule has 0 aliphatic carbocycles. The summed E-state index contributed by atoms with van der Waals surface area (Å²) < 4.78 is 0. The van der Waals surface area contributed by atoms with Crippen molar-refractivity contribution < 1.29 is 0 Å². The quantitative estimate of drug-likeness (QED) is 0.470. The largest absolute Gasteiger partial charge is 0.292 e. The van der Waals surface area contributed by atoms with Gasteiger partial charge in [0.2, 0.25) is 0 Å². The molecule has 56 valence electrons. The third-order valence-electron chi connectivity index (χ3n) is 1.45. The van der Waals surface area contributed by atoms with Crippen LogP contribution in [0.1, 0.15) is 27.2 Å². The van der Waals surface area contributed by atoms with Crippen molar-refractivity contribution in [1.29, 1.82) is 0 Å². The Balaban J connectivity index is 3.41. The van der Waals surface area contributed by atoms with Crippen LogP contribution in [0.3, 0.4) is 0 Å². The molecule has 0 saturated carbocycles. The first kappa shape index (κ1) is 9.31. The lowest BCUT2D eigenvalue weighted by Gasteiger charge is -2.22. The van der Waals surface area contributed by atoms with E-state index < -0.39 is 0 Å². The normalized spacial score (nSPS) is 14.3. The number of thiol groups is 1. The zero-order valence-corrected chi connectivity index (χ0v) is 7.49. The summed E-state index contributed by atoms with van der Waals surface area (Å²) >= 11 is 4.33. The van der Waals surface area contributed by atoms with Crippen molar-refractivity contribution in [2.45, 2.75) is 32.6 Å². The fourth-order valence-corrected chi connectivity index (χ4v) is 1.18. The average Bonchev–Trinajstić information content (AvgIpc) is 1.82. The summed E-state index contributed by atoms with van der Waals surface area (Å²) in [5.41, 5.74) is 0. The average molecular weight is 147 g/mol. The van der Waals surface area contributed by atoms with E-state index in [4.69, 9.17) is 0 Å². The third kappa shape index (κ3) is 3.82. The van der Waals surface area contributed by atoms with E-state index in [-0.39, 0.29) is 0 Å². The second-order valence-corrected chi connectivity index (χ2v) is 3.01. The molecule has 0 aliphatic heterocycles. The van der Waals surface area contributed by atoms with E-state index >= 15 is 0 Å². The van der Waals surface area contributed by atoms with E-state index in [9.17, 15) is 0 Å². The summed E-state index contributed by atoms with van der Waals surface area (Å²) in [5, 5.41) is 0.412. The predicted octanol–water partition coefficient (Wildman–Crippen LogP) is 1.99. The van der Waals surface area contributed by atoms with Gasteiger partial charge in [-0.15, -0.1) is 0 Å². The van der Waals surface area contributed by atoms with E-state index in [0.29, 0.717) is 5.37 Å². The zero-order valence-electron chi connectivity index (χ0n) is 6.59. The molecule has 1 atom stereocenters. The van der Waals surface area contributed by atoms with E-state index in [2.05, 4.69) is 38.3 Å². The van der Waals surface area contributed by atoms with Crippen molar-refractivity contribution in [3.63, 3.8) is 0 Å². The van der Waals surface area contributed by atoms with Gasteiger partial charge < -0.3 is 0 Å². The molecule has 0 aliphatic rings. The van der Waals surface area contributed by atoms with Gasteiger partial charge in [-0.25, -0.2) is 0 Å². The van der Waals surface area contributed by atoms with Crippen LogP contribution in [-0.4, -0.2) is 23.4 Å². The van der Waals surface area contributed by atoms with Crippen LogP contribution < -0.4 is 0 Å². The Bertz CT molecular complexity index is 63.9. The highest BCUT2D eigenvalue weighted by atomic mass is 32.1. The molecule has 0 heterocycles. The Labute approximate surface area is 63.8 Å². The number of rotatable bonds is 4. The highest BCUT2D eigenvalue weighted by molar-refractivity contribution is 7.80. The predicted molar refractivity (Wildman–Crippen MR) is 46.0 cm³/mol. The maximum absolute atomic E-state index is 4.33. The van der Waals surface area contributed by atoms with Gasteiger partial charge in [0.25, 0.3) is 0 Å². The Hall–Kier alpha value is 0.310. The monoisotopic (exact) mass is 147 g/mol. The lowest BCUT2D eigenvalue weighted by molar-refractivity contribution is 0.283. The Kier molecular flexibility index (Phi) is 5.30. The minimum absolute atomic E-state index is 0.412. The molecule has 0 radical (unpaired) electrons. The first-order valence-corrected chi connectivity index (χ1v) is 4.16. The first-order chi connectivity index (χ1) is 4.22. The van der Waals surface area contributed by atoms with Gasteiger partial charge >= 0.3 is 0 Å². The summed E-state index contributed by atoms with van der Waals surface area (Å²) in [7, 11) is 0. The lowest BCUT2D eigenvalue weighted by atomic mass is 10.4. The van der Waals surface area contributed by atoms with E-state index in [1.54, 1.807) is 0 Å². The molecule has 0 aromatic heterocycles. The molecular formula is C7H17NS. The Morgan fingerprint density at radius 3 is 2.11 bits per heavy atom.